The molecule has 3 rings (SSSR count). The fraction of sp³-hybridized carbons (Fsp3) is 0.368. The van der Waals surface area contributed by atoms with Gasteiger partial charge >= 0.3 is 0 Å². The number of aromatic nitrogens is 1. The summed E-state index contributed by atoms with van der Waals surface area (Å²) < 4.78 is 32.8. The van der Waals surface area contributed by atoms with Gasteiger partial charge in [0.15, 0.2) is 0 Å². The van der Waals surface area contributed by atoms with Crippen molar-refractivity contribution in [1.82, 2.24) is 14.8 Å². The number of ether oxygens (including phenoxy) is 1. The fourth-order valence-electron chi connectivity index (χ4n) is 3.39. The molecule has 1 aromatic heterocycles. The van der Waals surface area contributed by atoms with Gasteiger partial charge in [-0.1, -0.05) is 0 Å². The fourth-order valence-corrected chi connectivity index (χ4v) is 5.11. The minimum absolute atomic E-state index is 0.0396. The highest BCUT2D eigenvalue weighted by Gasteiger charge is 2.49. The Morgan fingerprint density at radius 2 is 1.93 bits per heavy atom. The zero-order chi connectivity index (χ0) is 21.1. The van der Waals surface area contributed by atoms with Crippen molar-refractivity contribution in [2.75, 3.05) is 6.54 Å². The van der Waals surface area contributed by atoms with Crippen LogP contribution in [0.2, 0.25) is 0 Å². The van der Waals surface area contributed by atoms with Gasteiger partial charge in [0.1, 0.15) is 18.4 Å². The molecule has 10 heteroatoms. The monoisotopic (exact) mass is 421 g/mol. The summed E-state index contributed by atoms with van der Waals surface area (Å²) in [7, 11) is -4.08. The molecule has 29 heavy (non-hydrogen) atoms. The molecule has 1 amide bonds. The lowest BCUT2D eigenvalue weighted by Gasteiger charge is -2.42. The average Bonchev–Trinajstić information content (AvgIpc) is 2.72. The maximum atomic E-state index is 13.1. The first-order valence-electron chi connectivity index (χ1n) is 9.05. The molecule has 0 spiro atoms. The van der Waals surface area contributed by atoms with Crippen LogP contribution in [0.3, 0.4) is 0 Å². The smallest absolute Gasteiger partial charge is 0.264 e. The highest BCUT2D eigenvalue weighted by Crippen LogP contribution is 2.32. The summed E-state index contributed by atoms with van der Waals surface area (Å²) >= 11 is 0. The van der Waals surface area contributed by atoms with Crippen LogP contribution in [0.1, 0.15) is 25.3 Å². The Morgan fingerprint density at radius 3 is 2.55 bits per heavy atom. The van der Waals surface area contributed by atoms with Crippen LogP contribution in [-0.4, -0.2) is 52.1 Å². The van der Waals surface area contributed by atoms with E-state index in [0.29, 0.717) is 18.8 Å². The van der Waals surface area contributed by atoms with Crippen LogP contribution in [0.5, 0.6) is 5.75 Å². The number of carbonyl (C=O) groups is 1. The van der Waals surface area contributed by atoms with Gasteiger partial charge in [0.25, 0.3) is 5.91 Å². The van der Waals surface area contributed by atoms with Crippen molar-refractivity contribution in [3.63, 3.8) is 0 Å². The summed E-state index contributed by atoms with van der Waals surface area (Å²) in [6.07, 6.45) is 3.93. The molecule has 156 valence electrons. The van der Waals surface area contributed by atoms with Crippen LogP contribution in [0.4, 0.5) is 0 Å². The summed E-state index contributed by atoms with van der Waals surface area (Å²) in [6, 6.07) is 8.01. The molecule has 3 N–H and O–H groups in total. The van der Waals surface area contributed by atoms with Gasteiger partial charge in [0, 0.05) is 18.9 Å². The molecule has 0 aliphatic carbocycles. The quantitative estimate of drug-likeness (QED) is 0.470. The maximum absolute atomic E-state index is 13.1. The lowest BCUT2D eigenvalue weighted by molar-refractivity contribution is -0.144. The Balaban J connectivity index is 1.80. The van der Waals surface area contributed by atoms with Gasteiger partial charge in [-0.15, -0.1) is 0 Å². The predicted molar refractivity (Wildman–Crippen MR) is 102 cm³/mol. The predicted octanol–water partition coefficient (Wildman–Crippen LogP) is 1.07. The Bertz CT molecular complexity index is 948. The SMILES string of the molecule is C[C@@]1(O)CCCN(S(=O)(=O)c2ccc(OCc3ccncc3)cc2)C1C(=O)NO. The molecular weight excluding hydrogens is 398 g/mol. The first-order valence-corrected chi connectivity index (χ1v) is 10.5. The van der Waals surface area contributed by atoms with E-state index in [9.17, 15) is 18.3 Å². The second kappa shape index (κ2) is 8.46. The van der Waals surface area contributed by atoms with Gasteiger partial charge in [0.2, 0.25) is 10.0 Å². The number of benzene rings is 1. The Morgan fingerprint density at radius 1 is 1.28 bits per heavy atom. The molecule has 9 nitrogen and oxygen atoms in total. The first-order chi connectivity index (χ1) is 13.8. The normalized spacial score (nSPS) is 22.8. The lowest BCUT2D eigenvalue weighted by atomic mass is 9.87. The summed E-state index contributed by atoms with van der Waals surface area (Å²) in [4.78, 5) is 16.0. The van der Waals surface area contributed by atoms with Crippen molar-refractivity contribution in [3.05, 3.63) is 54.4 Å². The van der Waals surface area contributed by atoms with E-state index in [0.717, 1.165) is 9.87 Å². The van der Waals surface area contributed by atoms with Crippen LogP contribution in [0, 0.1) is 0 Å². The topological polar surface area (TPSA) is 129 Å². The molecule has 1 unspecified atom stereocenters. The molecule has 1 saturated heterocycles. The van der Waals surface area contributed by atoms with Crippen LogP contribution in [0.25, 0.3) is 0 Å². The van der Waals surface area contributed by atoms with Gasteiger partial charge in [-0.3, -0.25) is 15.0 Å². The molecule has 2 atom stereocenters. The standard InChI is InChI=1S/C19H23N3O6S/c1-19(24)9-2-12-22(17(19)18(23)21-25)29(26,27)16-5-3-15(4-6-16)28-13-14-7-10-20-11-8-14/h3-8,10-11,17,24-25H,2,9,12-13H2,1H3,(H,21,23)/t17?,19-/m1/s1. The number of nitrogens with zero attached hydrogens (tertiary/aromatic N) is 2. The number of hydroxylamine groups is 1. The number of carbonyl (C=O) groups excluding carboxylic acids is 1. The Kier molecular flexibility index (Phi) is 6.18. The number of amides is 1. The zero-order valence-corrected chi connectivity index (χ0v) is 16.7. The van der Waals surface area contributed by atoms with Crippen LogP contribution in [-0.2, 0) is 21.4 Å². The molecule has 0 radical (unpaired) electrons. The van der Waals surface area contributed by atoms with Crippen molar-refractivity contribution >= 4 is 15.9 Å². The van der Waals surface area contributed by atoms with E-state index in [1.807, 2.05) is 12.1 Å². The van der Waals surface area contributed by atoms with Crippen molar-refractivity contribution in [1.29, 1.82) is 0 Å². The van der Waals surface area contributed by atoms with Crippen molar-refractivity contribution in [3.8, 4) is 5.75 Å². The number of piperidine rings is 1. The highest BCUT2D eigenvalue weighted by atomic mass is 32.2. The molecule has 0 bridgehead atoms. The third-order valence-corrected chi connectivity index (χ3v) is 6.76. The van der Waals surface area contributed by atoms with Gasteiger partial charge in [-0.25, -0.2) is 13.9 Å². The van der Waals surface area contributed by atoms with Gasteiger partial charge in [0.05, 0.1) is 10.5 Å². The third kappa shape index (κ3) is 4.56. The van der Waals surface area contributed by atoms with Crippen molar-refractivity contribution in [2.24, 2.45) is 0 Å². The van der Waals surface area contributed by atoms with E-state index < -0.39 is 27.6 Å². The molecule has 0 saturated carbocycles. The number of hydrogen-bond donors (Lipinski definition) is 3. The molecule has 2 heterocycles. The zero-order valence-electron chi connectivity index (χ0n) is 15.9. The second-order valence-corrected chi connectivity index (χ2v) is 8.96. The number of hydrogen-bond acceptors (Lipinski definition) is 7. The minimum atomic E-state index is -4.08. The molecule has 1 aliphatic heterocycles. The van der Waals surface area contributed by atoms with E-state index in [1.54, 1.807) is 12.4 Å². The summed E-state index contributed by atoms with van der Waals surface area (Å²) in [6.45, 7) is 1.74. The molecular formula is C19H23N3O6S. The molecule has 1 fully saturated rings. The molecule has 1 aliphatic rings. The van der Waals surface area contributed by atoms with E-state index >= 15 is 0 Å². The van der Waals surface area contributed by atoms with Gasteiger partial charge < -0.3 is 9.84 Å². The Labute approximate surface area is 169 Å². The number of rotatable bonds is 6. The average molecular weight is 421 g/mol. The molecule has 1 aromatic carbocycles. The number of aliphatic hydroxyl groups is 1. The third-order valence-electron chi connectivity index (χ3n) is 4.88. The lowest BCUT2D eigenvalue weighted by Crippen LogP contribution is -2.62. The first kappa shape index (κ1) is 21.2. The van der Waals surface area contributed by atoms with E-state index in [4.69, 9.17) is 9.94 Å². The minimum Gasteiger partial charge on any atom is -0.489 e. The van der Waals surface area contributed by atoms with Crippen molar-refractivity contribution in [2.45, 2.75) is 42.9 Å². The largest absolute Gasteiger partial charge is 0.489 e. The van der Waals surface area contributed by atoms with Gasteiger partial charge in [-0.05, 0) is 61.7 Å². The van der Waals surface area contributed by atoms with E-state index in [-0.39, 0.29) is 17.9 Å². The summed E-state index contributed by atoms with van der Waals surface area (Å²) in [5.41, 5.74) is 0.772. The van der Waals surface area contributed by atoms with E-state index in [1.165, 1.54) is 36.7 Å². The Hall–Kier alpha value is -2.53. The summed E-state index contributed by atoms with van der Waals surface area (Å²) in [5, 5.41) is 19.5. The molecule has 2 aromatic rings. The van der Waals surface area contributed by atoms with Crippen molar-refractivity contribution < 1.29 is 28.3 Å². The number of pyridine rings is 1. The van der Waals surface area contributed by atoms with Crippen LogP contribution < -0.4 is 10.2 Å². The van der Waals surface area contributed by atoms with E-state index in [2.05, 4.69) is 4.98 Å². The van der Waals surface area contributed by atoms with Crippen LogP contribution in [0.15, 0.2) is 53.7 Å². The van der Waals surface area contributed by atoms with Gasteiger partial charge in [-0.2, -0.15) is 4.31 Å². The second-order valence-electron chi connectivity index (χ2n) is 7.07. The summed E-state index contributed by atoms with van der Waals surface area (Å²) in [5.74, 6) is -0.494. The highest BCUT2D eigenvalue weighted by molar-refractivity contribution is 7.89. The maximum Gasteiger partial charge on any atom is 0.264 e. The number of sulfonamides is 1. The van der Waals surface area contributed by atoms with Crippen LogP contribution >= 0.6 is 0 Å². The number of nitrogens with one attached hydrogen (secondary N) is 1.